The molecule has 1 heterocycles. The number of nitrogens with one attached hydrogen (secondary N) is 1. The van der Waals surface area contributed by atoms with Crippen LogP contribution in [0.4, 0.5) is 0 Å². The predicted molar refractivity (Wildman–Crippen MR) is 84.3 cm³/mol. The van der Waals surface area contributed by atoms with Gasteiger partial charge in [0.05, 0.1) is 6.61 Å². The van der Waals surface area contributed by atoms with E-state index in [4.69, 9.17) is 4.74 Å². The Hall–Kier alpha value is -1.39. The van der Waals surface area contributed by atoms with Crippen molar-refractivity contribution >= 4 is 5.91 Å². The lowest BCUT2D eigenvalue weighted by Gasteiger charge is -2.30. The fourth-order valence-electron chi connectivity index (χ4n) is 2.89. The summed E-state index contributed by atoms with van der Waals surface area (Å²) in [5, 5.41) is 3.01. The molecule has 4 nitrogen and oxygen atoms in total. The first-order valence-corrected chi connectivity index (χ1v) is 7.77. The van der Waals surface area contributed by atoms with Crippen molar-refractivity contribution in [1.29, 1.82) is 0 Å². The fraction of sp³-hybridized carbons (Fsp3) is 0.588. The number of benzene rings is 1. The van der Waals surface area contributed by atoms with Gasteiger partial charge in [0.1, 0.15) is 0 Å². The maximum absolute atomic E-state index is 12.1. The lowest BCUT2D eigenvalue weighted by Crippen LogP contribution is -2.40. The molecular weight excluding hydrogens is 264 g/mol. The van der Waals surface area contributed by atoms with Crippen LogP contribution in [0.3, 0.4) is 0 Å². The number of ether oxygens (including phenoxy) is 1. The summed E-state index contributed by atoms with van der Waals surface area (Å²) < 4.78 is 5.09. The summed E-state index contributed by atoms with van der Waals surface area (Å²) in [5.74, 6) is 0.776. The maximum Gasteiger partial charge on any atom is 0.251 e. The third-order valence-corrected chi connectivity index (χ3v) is 3.95. The van der Waals surface area contributed by atoms with E-state index in [2.05, 4.69) is 17.1 Å². The highest BCUT2D eigenvalue weighted by Gasteiger charge is 2.15. The Bertz CT molecular complexity index is 462. The zero-order valence-electron chi connectivity index (χ0n) is 13.1. The molecule has 1 saturated heterocycles. The van der Waals surface area contributed by atoms with Gasteiger partial charge in [-0.05, 0) is 43.0 Å². The van der Waals surface area contributed by atoms with Crippen LogP contribution in [0.25, 0.3) is 0 Å². The third kappa shape index (κ3) is 5.14. The molecule has 0 unspecified atom stereocenters. The minimum absolute atomic E-state index is 0.00184. The second-order valence-corrected chi connectivity index (χ2v) is 5.94. The van der Waals surface area contributed by atoms with E-state index < -0.39 is 0 Å². The van der Waals surface area contributed by atoms with E-state index in [1.165, 1.54) is 12.8 Å². The number of amides is 1. The van der Waals surface area contributed by atoms with Gasteiger partial charge in [-0.25, -0.2) is 0 Å². The number of carbonyl (C=O) groups excluding carboxylic acids is 1. The zero-order valence-corrected chi connectivity index (χ0v) is 13.1. The first-order valence-electron chi connectivity index (χ1n) is 7.77. The molecule has 0 aliphatic carbocycles. The Morgan fingerprint density at radius 3 is 3.10 bits per heavy atom. The highest BCUT2D eigenvalue weighted by atomic mass is 16.5. The number of methoxy groups -OCH3 is 1. The molecule has 1 atom stereocenters. The van der Waals surface area contributed by atoms with Crippen molar-refractivity contribution in [2.24, 2.45) is 5.92 Å². The zero-order chi connectivity index (χ0) is 15.1. The van der Waals surface area contributed by atoms with E-state index >= 15 is 0 Å². The molecule has 0 spiro atoms. The van der Waals surface area contributed by atoms with Gasteiger partial charge < -0.3 is 15.0 Å². The van der Waals surface area contributed by atoms with Gasteiger partial charge in [-0.2, -0.15) is 0 Å². The molecule has 1 aliphatic heterocycles. The number of hydrogen-bond acceptors (Lipinski definition) is 3. The number of piperidine rings is 1. The minimum atomic E-state index is -0.00184. The molecular formula is C17H26N2O2. The fourth-order valence-corrected chi connectivity index (χ4v) is 2.89. The Kier molecular flexibility index (Phi) is 6.21. The number of carbonyl (C=O) groups is 1. The van der Waals surface area contributed by atoms with Crippen LogP contribution < -0.4 is 5.32 Å². The average Bonchev–Trinajstić information content (AvgIpc) is 2.48. The first-order chi connectivity index (χ1) is 10.2. The highest BCUT2D eigenvalue weighted by molar-refractivity contribution is 5.94. The maximum atomic E-state index is 12.1. The van der Waals surface area contributed by atoms with Gasteiger partial charge in [-0.15, -0.1) is 0 Å². The molecule has 0 aromatic heterocycles. The lowest BCUT2D eigenvalue weighted by atomic mass is 10.0. The molecule has 0 bridgehead atoms. The van der Waals surface area contributed by atoms with Gasteiger partial charge in [0.15, 0.2) is 0 Å². The Labute approximate surface area is 127 Å². The Balaban J connectivity index is 1.77. The summed E-state index contributed by atoms with van der Waals surface area (Å²) in [6.07, 6.45) is 2.60. The molecule has 116 valence electrons. The quantitative estimate of drug-likeness (QED) is 0.874. The molecule has 1 aromatic rings. The van der Waals surface area contributed by atoms with E-state index in [9.17, 15) is 4.79 Å². The predicted octanol–water partition coefficient (Wildman–Crippen LogP) is 2.29. The number of rotatable bonds is 6. The van der Waals surface area contributed by atoms with Gasteiger partial charge in [-0.1, -0.05) is 19.1 Å². The summed E-state index contributed by atoms with van der Waals surface area (Å²) >= 11 is 0. The summed E-state index contributed by atoms with van der Waals surface area (Å²) in [5.41, 5.74) is 1.73. The van der Waals surface area contributed by atoms with Crippen LogP contribution in [0.2, 0.25) is 0 Å². The van der Waals surface area contributed by atoms with Crippen molar-refractivity contribution in [2.45, 2.75) is 26.4 Å². The van der Waals surface area contributed by atoms with E-state index in [-0.39, 0.29) is 5.91 Å². The second-order valence-electron chi connectivity index (χ2n) is 5.94. The largest absolute Gasteiger partial charge is 0.380 e. The topological polar surface area (TPSA) is 41.6 Å². The Morgan fingerprint density at radius 1 is 1.48 bits per heavy atom. The summed E-state index contributed by atoms with van der Waals surface area (Å²) in [4.78, 5) is 14.6. The van der Waals surface area contributed by atoms with Crippen LogP contribution >= 0.6 is 0 Å². The van der Waals surface area contributed by atoms with Crippen molar-refractivity contribution in [2.75, 3.05) is 33.3 Å². The number of nitrogens with zero attached hydrogens (tertiary/aromatic N) is 1. The van der Waals surface area contributed by atoms with Crippen molar-refractivity contribution in [1.82, 2.24) is 10.2 Å². The van der Waals surface area contributed by atoms with Crippen LogP contribution in [0.5, 0.6) is 0 Å². The van der Waals surface area contributed by atoms with E-state index in [1.54, 1.807) is 7.11 Å². The van der Waals surface area contributed by atoms with Gasteiger partial charge in [0.25, 0.3) is 5.91 Å². The lowest BCUT2D eigenvalue weighted by molar-refractivity contribution is 0.0943. The van der Waals surface area contributed by atoms with Gasteiger partial charge in [0.2, 0.25) is 0 Å². The van der Waals surface area contributed by atoms with E-state index in [1.807, 2.05) is 24.3 Å². The van der Waals surface area contributed by atoms with Crippen LogP contribution in [0.1, 0.15) is 35.7 Å². The van der Waals surface area contributed by atoms with Crippen LogP contribution in [-0.2, 0) is 11.3 Å². The van der Waals surface area contributed by atoms with Crippen molar-refractivity contribution in [3.63, 3.8) is 0 Å². The van der Waals surface area contributed by atoms with Crippen LogP contribution in [0.15, 0.2) is 24.3 Å². The normalized spacial score (nSPS) is 19.4. The molecule has 2 rings (SSSR count). The highest BCUT2D eigenvalue weighted by Crippen LogP contribution is 2.14. The number of likely N-dealkylation sites (tertiary alicyclic amines) is 1. The molecule has 1 N–H and O–H groups in total. The summed E-state index contributed by atoms with van der Waals surface area (Å²) in [6, 6.07) is 7.60. The number of hydrogen-bond donors (Lipinski definition) is 1. The van der Waals surface area contributed by atoms with Crippen molar-refractivity contribution < 1.29 is 9.53 Å². The van der Waals surface area contributed by atoms with E-state index in [0.717, 1.165) is 31.1 Å². The summed E-state index contributed by atoms with van der Waals surface area (Å²) in [6.45, 7) is 6.79. The smallest absolute Gasteiger partial charge is 0.251 e. The SMILES string of the molecule is COCc1cccc(C(=O)NCCN2CCC[C@H](C)C2)c1. The van der Waals surface area contributed by atoms with Crippen LogP contribution in [0, 0.1) is 5.92 Å². The Morgan fingerprint density at radius 2 is 2.33 bits per heavy atom. The monoisotopic (exact) mass is 290 g/mol. The minimum Gasteiger partial charge on any atom is -0.380 e. The van der Waals surface area contributed by atoms with Gasteiger partial charge in [-0.3, -0.25) is 4.79 Å². The van der Waals surface area contributed by atoms with Crippen molar-refractivity contribution in [3.8, 4) is 0 Å². The molecule has 1 amide bonds. The van der Waals surface area contributed by atoms with Crippen molar-refractivity contribution in [3.05, 3.63) is 35.4 Å². The molecule has 1 fully saturated rings. The second kappa shape index (κ2) is 8.15. The summed E-state index contributed by atoms with van der Waals surface area (Å²) in [7, 11) is 1.66. The first kappa shape index (κ1) is 16.0. The van der Waals surface area contributed by atoms with E-state index in [0.29, 0.717) is 18.7 Å². The molecule has 1 aliphatic rings. The molecule has 0 saturated carbocycles. The molecule has 1 aromatic carbocycles. The molecule has 0 radical (unpaired) electrons. The third-order valence-electron chi connectivity index (χ3n) is 3.95. The van der Waals surface area contributed by atoms with Crippen LogP contribution in [-0.4, -0.2) is 44.1 Å². The van der Waals surface area contributed by atoms with Gasteiger partial charge in [0, 0.05) is 32.3 Å². The standard InChI is InChI=1S/C17H26N2O2/c1-14-5-4-9-19(12-14)10-8-18-17(20)16-7-3-6-15(11-16)13-21-2/h3,6-7,11,14H,4-5,8-10,12-13H2,1-2H3,(H,18,20)/t14-/m0/s1. The molecule has 4 heteroatoms. The molecule has 21 heavy (non-hydrogen) atoms. The van der Waals surface area contributed by atoms with Gasteiger partial charge >= 0.3 is 0 Å². The average molecular weight is 290 g/mol.